The molecule has 1 heteroatoms. The highest BCUT2D eigenvalue weighted by Gasteiger charge is 1.90. The molecule has 0 radical (unpaired) electrons. The van der Waals surface area contributed by atoms with E-state index in [1.54, 1.807) is 0 Å². The van der Waals surface area contributed by atoms with Gasteiger partial charge in [-0.2, -0.15) is 0 Å². The van der Waals surface area contributed by atoms with Crippen molar-refractivity contribution in [3.63, 3.8) is 0 Å². The molecule has 0 fully saturated rings. The number of aliphatic hydroxyl groups is 1. The second kappa shape index (κ2) is 17.3. The van der Waals surface area contributed by atoms with Crippen molar-refractivity contribution in [2.24, 2.45) is 0 Å². The summed E-state index contributed by atoms with van der Waals surface area (Å²) < 4.78 is 0. The molecule has 0 aliphatic rings. The Balaban J connectivity index is 3.03. The minimum absolute atomic E-state index is 1.03. The predicted octanol–water partition coefficient (Wildman–Crippen LogP) is 6.71. The highest BCUT2D eigenvalue weighted by molar-refractivity contribution is 4.81. The maximum atomic E-state index is 8.48. The lowest BCUT2D eigenvalue weighted by molar-refractivity contribution is 0.469. The van der Waals surface area contributed by atoms with E-state index in [2.05, 4.69) is 19.1 Å². The van der Waals surface area contributed by atoms with E-state index < -0.39 is 0 Å². The normalized spacial score (nSPS) is 11.8. The standard InChI is InChI=1S/C18H34O/c1-2-3-4-5-6-7-8-9-10-11-12-13-14-15-16-17-18-19/h7-8,17-19H,2-6,9-16H2,1H3/b8-7?,18-17+. The van der Waals surface area contributed by atoms with Gasteiger partial charge in [-0.3, -0.25) is 0 Å². The average molecular weight is 266 g/mol. The molecule has 0 heterocycles. The van der Waals surface area contributed by atoms with E-state index in [1.807, 2.05) is 6.08 Å². The maximum Gasteiger partial charge on any atom is 0.0751 e. The van der Waals surface area contributed by atoms with Crippen LogP contribution in [0.15, 0.2) is 24.5 Å². The van der Waals surface area contributed by atoms with Crippen LogP contribution in [0.25, 0.3) is 0 Å². The first-order chi connectivity index (χ1) is 9.41. The molecule has 0 aromatic heterocycles. The third-order valence-corrected chi connectivity index (χ3v) is 3.49. The first-order valence-electron chi connectivity index (χ1n) is 8.36. The summed E-state index contributed by atoms with van der Waals surface area (Å²) in [4.78, 5) is 0. The van der Waals surface area contributed by atoms with Crippen LogP contribution in [0.1, 0.15) is 90.4 Å². The van der Waals surface area contributed by atoms with Crippen LogP contribution in [0, 0.1) is 0 Å². The maximum absolute atomic E-state index is 8.48. The Morgan fingerprint density at radius 1 is 0.579 bits per heavy atom. The molecular weight excluding hydrogens is 232 g/mol. The summed E-state index contributed by atoms with van der Waals surface area (Å²) in [5.41, 5.74) is 0. The summed E-state index contributed by atoms with van der Waals surface area (Å²) in [6.07, 6.45) is 24.8. The van der Waals surface area contributed by atoms with E-state index in [0.717, 1.165) is 12.7 Å². The number of rotatable bonds is 14. The zero-order valence-corrected chi connectivity index (χ0v) is 12.9. The van der Waals surface area contributed by atoms with Gasteiger partial charge in [-0.15, -0.1) is 0 Å². The molecule has 0 unspecified atom stereocenters. The molecule has 0 aromatic carbocycles. The van der Waals surface area contributed by atoms with E-state index in [0.29, 0.717) is 0 Å². The monoisotopic (exact) mass is 266 g/mol. The van der Waals surface area contributed by atoms with Gasteiger partial charge in [0.25, 0.3) is 0 Å². The van der Waals surface area contributed by atoms with E-state index in [1.165, 1.54) is 77.0 Å². The first kappa shape index (κ1) is 18.3. The summed E-state index contributed by atoms with van der Waals surface area (Å²) in [7, 11) is 0. The zero-order valence-electron chi connectivity index (χ0n) is 12.9. The Morgan fingerprint density at radius 3 is 1.47 bits per heavy atom. The molecule has 0 rings (SSSR count). The molecule has 0 spiro atoms. The van der Waals surface area contributed by atoms with Crippen LogP contribution in [0.4, 0.5) is 0 Å². The molecule has 0 saturated heterocycles. The minimum Gasteiger partial charge on any atom is -0.516 e. The van der Waals surface area contributed by atoms with Crippen LogP contribution in [0.2, 0.25) is 0 Å². The van der Waals surface area contributed by atoms with Gasteiger partial charge in [-0.25, -0.2) is 0 Å². The highest BCUT2D eigenvalue weighted by atomic mass is 16.2. The molecule has 1 N–H and O–H groups in total. The predicted molar refractivity (Wildman–Crippen MR) is 86.6 cm³/mol. The van der Waals surface area contributed by atoms with Crippen molar-refractivity contribution in [3.8, 4) is 0 Å². The molecule has 0 aromatic rings. The van der Waals surface area contributed by atoms with Crippen LogP contribution < -0.4 is 0 Å². The Morgan fingerprint density at radius 2 is 1.00 bits per heavy atom. The van der Waals surface area contributed by atoms with Crippen LogP contribution in [-0.4, -0.2) is 5.11 Å². The molecule has 112 valence electrons. The highest BCUT2D eigenvalue weighted by Crippen LogP contribution is 2.09. The van der Waals surface area contributed by atoms with Crippen molar-refractivity contribution in [3.05, 3.63) is 24.5 Å². The van der Waals surface area contributed by atoms with E-state index in [9.17, 15) is 0 Å². The van der Waals surface area contributed by atoms with Crippen molar-refractivity contribution in [2.75, 3.05) is 0 Å². The molecule has 0 saturated carbocycles. The summed E-state index contributed by atoms with van der Waals surface area (Å²) >= 11 is 0. The Hall–Kier alpha value is -0.720. The lowest BCUT2D eigenvalue weighted by Gasteiger charge is -1.99. The second-order valence-electron chi connectivity index (χ2n) is 5.40. The summed E-state index contributed by atoms with van der Waals surface area (Å²) in [6, 6.07) is 0. The van der Waals surface area contributed by atoms with Gasteiger partial charge >= 0.3 is 0 Å². The second-order valence-corrected chi connectivity index (χ2v) is 5.40. The first-order valence-corrected chi connectivity index (χ1v) is 8.36. The van der Waals surface area contributed by atoms with Gasteiger partial charge in [0.05, 0.1) is 6.26 Å². The third kappa shape index (κ3) is 17.3. The van der Waals surface area contributed by atoms with Gasteiger partial charge in [0.15, 0.2) is 0 Å². The van der Waals surface area contributed by atoms with E-state index in [-0.39, 0.29) is 0 Å². The number of unbranched alkanes of at least 4 members (excludes halogenated alkanes) is 11. The molecule has 0 aliphatic heterocycles. The van der Waals surface area contributed by atoms with Crippen molar-refractivity contribution >= 4 is 0 Å². The Kier molecular flexibility index (Phi) is 16.6. The number of aliphatic hydroxyl groups excluding tert-OH is 1. The zero-order chi connectivity index (χ0) is 14.0. The lowest BCUT2D eigenvalue weighted by Crippen LogP contribution is -1.79. The Labute approximate surface area is 120 Å². The summed E-state index contributed by atoms with van der Waals surface area (Å²) in [6.45, 7) is 2.26. The van der Waals surface area contributed by atoms with Crippen molar-refractivity contribution in [1.82, 2.24) is 0 Å². The number of allylic oxidation sites excluding steroid dienone is 3. The average Bonchev–Trinajstić information content (AvgIpc) is 2.43. The summed E-state index contributed by atoms with van der Waals surface area (Å²) in [5.74, 6) is 0. The topological polar surface area (TPSA) is 20.2 Å². The molecule has 0 atom stereocenters. The van der Waals surface area contributed by atoms with Crippen LogP contribution in [-0.2, 0) is 0 Å². The van der Waals surface area contributed by atoms with Gasteiger partial charge in [-0.05, 0) is 38.5 Å². The number of hydrogen-bond donors (Lipinski definition) is 1. The fourth-order valence-electron chi connectivity index (χ4n) is 2.23. The van der Waals surface area contributed by atoms with Gasteiger partial charge in [0.1, 0.15) is 0 Å². The molecular formula is C18H34O. The molecule has 0 aliphatic carbocycles. The van der Waals surface area contributed by atoms with E-state index in [4.69, 9.17) is 5.11 Å². The lowest BCUT2D eigenvalue weighted by atomic mass is 10.1. The van der Waals surface area contributed by atoms with Gasteiger partial charge in [-0.1, -0.05) is 70.1 Å². The third-order valence-electron chi connectivity index (χ3n) is 3.49. The molecule has 0 bridgehead atoms. The largest absolute Gasteiger partial charge is 0.516 e. The van der Waals surface area contributed by atoms with Crippen LogP contribution in [0.3, 0.4) is 0 Å². The molecule has 19 heavy (non-hydrogen) atoms. The SMILES string of the molecule is CCCCCCC=CCCCCCCCC/C=C/O. The smallest absolute Gasteiger partial charge is 0.0751 e. The summed E-state index contributed by atoms with van der Waals surface area (Å²) in [5, 5.41) is 8.48. The minimum atomic E-state index is 1.03. The number of hydrogen-bond acceptors (Lipinski definition) is 1. The Bertz CT molecular complexity index is 206. The van der Waals surface area contributed by atoms with Crippen LogP contribution >= 0.6 is 0 Å². The fraction of sp³-hybridized carbons (Fsp3) is 0.778. The molecule has 1 nitrogen and oxygen atoms in total. The molecule has 0 amide bonds. The van der Waals surface area contributed by atoms with Crippen molar-refractivity contribution < 1.29 is 5.11 Å². The van der Waals surface area contributed by atoms with Crippen molar-refractivity contribution in [2.45, 2.75) is 90.4 Å². The quantitative estimate of drug-likeness (QED) is 0.210. The van der Waals surface area contributed by atoms with Gasteiger partial charge in [0.2, 0.25) is 0 Å². The van der Waals surface area contributed by atoms with Gasteiger partial charge in [0, 0.05) is 0 Å². The fourth-order valence-corrected chi connectivity index (χ4v) is 2.23. The van der Waals surface area contributed by atoms with Gasteiger partial charge < -0.3 is 5.11 Å². The van der Waals surface area contributed by atoms with E-state index >= 15 is 0 Å². The van der Waals surface area contributed by atoms with Crippen molar-refractivity contribution in [1.29, 1.82) is 0 Å². The van der Waals surface area contributed by atoms with Crippen LogP contribution in [0.5, 0.6) is 0 Å².